The summed E-state index contributed by atoms with van der Waals surface area (Å²) in [6, 6.07) is 13.8. The van der Waals surface area contributed by atoms with Gasteiger partial charge in [-0.3, -0.25) is 4.79 Å². The molecular formula is C18H15NO3S. The Morgan fingerprint density at radius 3 is 2.70 bits per heavy atom. The van der Waals surface area contributed by atoms with Crippen LogP contribution in [0, 0.1) is 6.92 Å². The van der Waals surface area contributed by atoms with Gasteiger partial charge in [-0.15, -0.1) is 0 Å². The molecule has 0 aliphatic heterocycles. The van der Waals surface area contributed by atoms with Crippen molar-refractivity contribution in [1.82, 2.24) is 4.98 Å². The molecule has 0 bridgehead atoms. The van der Waals surface area contributed by atoms with Crippen molar-refractivity contribution in [3.63, 3.8) is 0 Å². The van der Waals surface area contributed by atoms with Crippen molar-refractivity contribution in [3.05, 3.63) is 59.7 Å². The van der Waals surface area contributed by atoms with Crippen molar-refractivity contribution >= 4 is 28.4 Å². The number of ketones is 1. The Hall–Kier alpha value is -2.53. The first-order chi connectivity index (χ1) is 11.0. The van der Waals surface area contributed by atoms with Crippen LogP contribution in [0.15, 0.2) is 53.6 Å². The summed E-state index contributed by atoms with van der Waals surface area (Å²) in [5.74, 6) is -0.319. The minimum atomic E-state index is -0.210. The fraction of sp³-hybridized carbons (Fsp3) is 0.111. The number of fused-ring (bicyclic) bond motifs is 1. The smallest absolute Gasteiger partial charge is 0.176 e. The van der Waals surface area contributed by atoms with Crippen LogP contribution in [0.1, 0.15) is 15.9 Å². The molecule has 3 aromatic rings. The maximum atomic E-state index is 12.2. The van der Waals surface area contributed by atoms with Gasteiger partial charge in [-0.2, -0.15) is 0 Å². The van der Waals surface area contributed by atoms with Gasteiger partial charge in [0, 0.05) is 11.5 Å². The highest BCUT2D eigenvalue weighted by molar-refractivity contribution is 7.99. The number of aromatic nitrogens is 1. The molecule has 0 aliphatic carbocycles. The van der Waals surface area contributed by atoms with E-state index < -0.39 is 0 Å². The van der Waals surface area contributed by atoms with Gasteiger partial charge in [0.25, 0.3) is 0 Å². The van der Waals surface area contributed by atoms with Gasteiger partial charge < -0.3 is 10.2 Å². The summed E-state index contributed by atoms with van der Waals surface area (Å²) in [4.78, 5) is 16.8. The van der Waals surface area contributed by atoms with Gasteiger partial charge in [0.05, 0.1) is 21.9 Å². The van der Waals surface area contributed by atoms with Gasteiger partial charge in [0.15, 0.2) is 5.78 Å². The second kappa shape index (κ2) is 6.30. The standard InChI is InChI=1S/C18H15NO3S/c1-11-8-18(19-15-5-3-2-4-13(11)15)23-10-17(22)14-7-6-12(20)9-16(14)21/h2-9,20-21H,10H2,1H3. The second-order valence-electron chi connectivity index (χ2n) is 5.21. The van der Waals surface area contributed by atoms with Crippen LogP contribution in [-0.2, 0) is 0 Å². The fourth-order valence-corrected chi connectivity index (χ4v) is 3.22. The Morgan fingerprint density at radius 1 is 1.13 bits per heavy atom. The normalized spacial score (nSPS) is 10.8. The predicted molar refractivity (Wildman–Crippen MR) is 91.3 cm³/mol. The van der Waals surface area contributed by atoms with Gasteiger partial charge in [-0.25, -0.2) is 4.98 Å². The highest BCUT2D eigenvalue weighted by Crippen LogP contribution is 2.27. The molecule has 4 nitrogen and oxygen atoms in total. The molecule has 0 amide bonds. The zero-order chi connectivity index (χ0) is 16.4. The number of hydrogen-bond acceptors (Lipinski definition) is 5. The quantitative estimate of drug-likeness (QED) is 0.562. The maximum absolute atomic E-state index is 12.2. The Kier molecular flexibility index (Phi) is 4.21. The number of aromatic hydroxyl groups is 2. The molecule has 3 rings (SSSR count). The molecule has 0 atom stereocenters. The van der Waals surface area contributed by atoms with Gasteiger partial charge in [-0.05, 0) is 36.8 Å². The third kappa shape index (κ3) is 3.29. The molecule has 0 spiro atoms. The van der Waals surface area contributed by atoms with Crippen molar-refractivity contribution in [2.45, 2.75) is 11.9 Å². The van der Waals surface area contributed by atoms with Crippen LogP contribution in [-0.4, -0.2) is 26.7 Å². The number of hydrogen-bond donors (Lipinski definition) is 2. The first-order valence-electron chi connectivity index (χ1n) is 7.09. The number of aryl methyl sites for hydroxylation is 1. The first kappa shape index (κ1) is 15.4. The van der Waals surface area contributed by atoms with E-state index in [1.165, 1.54) is 23.9 Å². The van der Waals surface area contributed by atoms with Crippen molar-refractivity contribution in [1.29, 1.82) is 0 Å². The topological polar surface area (TPSA) is 70.4 Å². The molecule has 0 saturated carbocycles. The van der Waals surface area contributed by atoms with E-state index in [-0.39, 0.29) is 28.6 Å². The van der Waals surface area contributed by atoms with E-state index in [0.717, 1.165) is 27.6 Å². The predicted octanol–water partition coefficient (Wildman–Crippen LogP) is 3.93. The largest absolute Gasteiger partial charge is 0.508 e. The van der Waals surface area contributed by atoms with Crippen LogP contribution in [0.5, 0.6) is 11.5 Å². The van der Waals surface area contributed by atoms with Crippen molar-refractivity contribution in [3.8, 4) is 11.5 Å². The Labute approximate surface area is 137 Å². The summed E-state index contributed by atoms with van der Waals surface area (Å²) >= 11 is 1.33. The summed E-state index contributed by atoms with van der Waals surface area (Å²) in [7, 11) is 0. The molecular weight excluding hydrogens is 310 g/mol. The number of para-hydroxylation sites is 1. The molecule has 5 heteroatoms. The Balaban J connectivity index is 1.79. The first-order valence-corrected chi connectivity index (χ1v) is 8.07. The monoisotopic (exact) mass is 325 g/mol. The molecule has 0 fully saturated rings. The highest BCUT2D eigenvalue weighted by atomic mass is 32.2. The lowest BCUT2D eigenvalue weighted by Gasteiger charge is -2.07. The number of Topliss-reactive ketones (excluding diaryl/α,β-unsaturated/α-hetero) is 1. The maximum Gasteiger partial charge on any atom is 0.176 e. The second-order valence-corrected chi connectivity index (χ2v) is 6.20. The number of carbonyl (C=O) groups is 1. The third-order valence-corrected chi connectivity index (χ3v) is 4.44. The molecule has 116 valence electrons. The van der Waals surface area contributed by atoms with E-state index in [1.807, 2.05) is 37.3 Å². The minimum Gasteiger partial charge on any atom is -0.508 e. The molecule has 0 unspecified atom stereocenters. The number of carbonyl (C=O) groups excluding carboxylic acids is 1. The summed E-state index contributed by atoms with van der Waals surface area (Å²) in [5, 5.41) is 20.9. The summed E-state index contributed by atoms with van der Waals surface area (Å²) in [6.07, 6.45) is 0. The van der Waals surface area contributed by atoms with Crippen LogP contribution in [0.25, 0.3) is 10.9 Å². The van der Waals surface area contributed by atoms with Crippen molar-refractivity contribution in [2.75, 3.05) is 5.75 Å². The molecule has 0 aliphatic rings. The lowest BCUT2D eigenvalue weighted by molar-refractivity contribution is 0.102. The van der Waals surface area contributed by atoms with Crippen LogP contribution >= 0.6 is 11.8 Å². The van der Waals surface area contributed by atoms with Gasteiger partial charge >= 0.3 is 0 Å². The molecule has 0 saturated heterocycles. The Morgan fingerprint density at radius 2 is 1.91 bits per heavy atom. The minimum absolute atomic E-state index is 0.0708. The zero-order valence-corrected chi connectivity index (χ0v) is 13.3. The number of phenolic OH excluding ortho intramolecular Hbond substituents is 2. The number of rotatable bonds is 4. The molecule has 1 heterocycles. The molecule has 2 aromatic carbocycles. The summed E-state index contributed by atoms with van der Waals surface area (Å²) in [6.45, 7) is 2.02. The fourth-order valence-electron chi connectivity index (χ4n) is 2.37. The summed E-state index contributed by atoms with van der Waals surface area (Å²) < 4.78 is 0. The van der Waals surface area contributed by atoms with E-state index in [4.69, 9.17) is 0 Å². The highest BCUT2D eigenvalue weighted by Gasteiger charge is 2.13. The number of benzene rings is 2. The molecule has 1 aromatic heterocycles. The van der Waals surface area contributed by atoms with E-state index in [2.05, 4.69) is 4.98 Å². The molecule has 2 N–H and O–H groups in total. The van der Waals surface area contributed by atoms with E-state index in [0.29, 0.717) is 0 Å². The average Bonchev–Trinajstić information content (AvgIpc) is 2.53. The number of phenols is 2. The van der Waals surface area contributed by atoms with Crippen LogP contribution in [0.2, 0.25) is 0 Å². The zero-order valence-electron chi connectivity index (χ0n) is 12.5. The molecule has 0 radical (unpaired) electrons. The van der Waals surface area contributed by atoms with Gasteiger partial charge in [0.2, 0.25) is 0 Å². The third-order valence-electron chi connectivity index (χ3n) is 3.53. The lowest BCUT2D eigenvalue weighted by atomic mass is 10.1. The van der Waals surface area contributed by atoms with Gasteiger partial charge in [0.1, 0.15) is 11.5 Å². The number of pyridine rings is 1. The van der Waals surface area contributed by atoms with Crippen LogP contribution < -0.4 is 0 Å². The molecule has 23 heavy (non-hydrogen) atoms. The lowest BCUT2D eigenvalue weighted by Crippen LogP contribution is -2.03. The van der Waals surface area contributed by atoms with Crippen molar-refractivity contribution < 1.29 is 15.0 Å². The van der Waals surface area contributed by atoms with Gasteiger partial charge in [-0.1, -0.05) is 30.0 Å². The number of nitrogens with zero attached hydrogens (tertiary/aromatic N) is 1. The van der Waals surface area contributed by atoms with Crippen LogP contribution in [0.3, 0.4) is 0 Å². The average molecular weight is 325 g/mol. The van der Waals surface area contributed by atoms with E-state index in [9.17, 15) is 15.0 Å². The van der Waals surface area contributed by atoms with E-state index in [1.54, 1.807) is 0 Å². The SMILES string of the molecule is Cc1cc(SCC(=O)c2ccc(O)cc2O)nc2ccccc12. The number of thioether (sulfide) groups is 1. The summed E-state index contributed by atoms with van der Waals surface area (Å²) in [5.41, 5.74) is 2.21. The van der Waals surface area contributed by atoms with E-state index >= 15 is 0 Å². The van der Waals surface area contributed by atoms with Crippen molar-refractivity contribution in [2.24, 2.45) is 0 Å². The Bertz CT molecular complexity index is 893. The van der Waals surface area contributed by atoms with Crippen LogP contribution in [0.4, 0.5) is 0 Å².